The molecule has 0 radical (unpaired) electrons. The summed E-state index contributed by atoms with van der Waals surface area (Å²) in [5, 5.41) is 9.08. The minimum atomic E-state index is -0.511. The summed E-state index contributed by atoms with van der Waals surface area (Å²) in [5.41, 5.74) is 1.74. The predicted octanol–water partition coefficient (Wildman–Crippen LogP) is 0.466. The van der Waals surface area contributed by atoms with E-state index in [1.54, 1.807) is 23.1 Å². The summed E-state index contributed by atoms with van der Waals surface area (Å²) in [7, 11) is 0. The fourth-order valence-electron chi connectivity index (χ4n) is 2.26. The third-order valence-corrected chi connectivity index (χ3v) is 3.18. The van der Waals surface area contributed by atoms with Gasteiger partial charge in [0.15, 0.2) is 5.58 Å². The molecular formula is C12H12N2O4. The topological polar surface area (TPSA) is 86.5 Å². The van der Waals surface area contributed by atoms with Gasteiger partial charge < -0.3 is 14.4 Å². The van der Waals surface area contributed by atoms with Crippen LogP contribution in [0, 0.1) is 5.92 Å². The largest absolute Gasteiger partial charge is 0.417 e. The van der Waals surface area contributed by atoms with Crippen LogP contribution in [0.1, 0.15) is 6.42 Å². The number of aliphatic hydroxyl groups is 1. The second-order valence-corrected chi connectivity index (χ2v) is 4.45. The molecule has 1 atom stereocenters. The van der Waals surface area contributed by atoms with Crippen LogP contribution in [0.25, 0.3) is 11.1 Å². The van der Waals surface area contributed by atoms with Gasteiger partial charge >= 0.3 is 5.76 Å². The van der Waals surface area contributed by atoms with Crippen molar-refractivity contribution in [3.8, 4) is 0 Å². The van der Waals surface area contributed by atoms with Gasteiger partial charge in [0.05, 0.1) is 5.52 Å². The lowest BCUT2D eigenvalue weighted by Crippen LogP contribution is -2.24. The molecule has 0 saturated carbocycles. The molecule has 1 unspecified atom stereocenters. The molecule has 94 valence electrons. The lowest BCUT2D eigenvalue weighted by atomic mass is 10.1. The van der Waals surface area contributed by atoms with Crippen LogP contribution in [-0.4, -0.2) is 29.1 Å². The van der Waals surface area contributed by atoms with Crippen molar-refractivity contribution in [3.05, 3.63) is 28.7 Å². The average Bonchev–Trinajstić information content (AvgIpc) is 2.89. The lowest BCUT2D eigenvalue weighted by Gasteiger charge is -2.16. The number of carbonyl (C=O) groups is 1. The van der Waals surface area contributed by atoms with E-state index in [4.69, 9.17) is 9.52 Å². The molecule has 1 aliphatic heterocycles. The molecule has 18 heavy (non-hydrogen) atoms. The van der Waals surface area contributed by atoms with Crippen molar-refractivity contribution in [3.63, 3.8) is 0 Å². The van der Waals surface area contributed by atoms with Crippen molar-refractivity contribution in [1.29, 1.82) is 0 Å². The van der Waals surface area contributed by atoms with E-state index in [-0.39, 0.29) is 18.4 Å². The van der Waals surface area contributed by atoms with Crippen molar-refractivity contribution in [2.75, 3.05) is 18.1 Å². The first kappa shape index (κ1) is 11.0. The highest BCUT2D eigenvalue weighted by Gasteiger charge is 2.30. The van der Waals surface area contributed by atoms with E-state index in [1.807, 2.05) is 0 Å². The Morgan fingerprint density at radius 2 is 2.28 bits per heavy atom. The molecule has 1 aromatic carbocycles. The number of aromatic nitrogens is 1. The first-order valence-corrected chi connectivity index (χ1v) is 5.71. The first-order valence-electron chi connectivity index (χ1n) is 5.71. The zero-order chi connectivity index (χ0) is 12.7. The summed E-state index contributed by atoms with van der Waals surface area (Å²) in [5.74, 6) is -0.543. The molecule has 3 rings (SSSR count). The maximum Gasteiger partial charge on any atom is 0.417 e. The number of anilines is 1. The van der Waals surface area contributed by atoms with Gasteiger partial charge in [-0.05, 0) is 18.2 Å². The van der Waals surface area contributed by atoms with Crippen LogP contribution in [-0.2, 0) is 4.79 Å². The van der Waals surface area contributed by atoms with E-state index >= 15 is 0 Å². The Bertz CT molecular complexity index is 657. The van der Waals surface area contributed by atoms with E-state index in [0.29, 0.717) is 29.8 Å². The van der Waals surface area contributed by atoms with Crippen molar-refractivity contribution < 1.29 is 14.3 Å². The molecule has 6 nitrogen and oxygen atoms in total. The molecule has 2 aromatic rings. The van der Waals surface area contributed by atoms with Crippen molar-refractivity contribution in [1.82, 2.24) is 4.98 Å². The van der Waals surface area contributed by atoms with Gasteiger partial charge in [0, 0.05) is 31.2 Å². The molecule has 2 heterocycles. The molecule has 0 bridgehead atoms. The summed E-state index contributed by atoms with van der Waals surface area (Å²) in [4.78, 5) is 27.0. The standard InChI is InChI=1S/C12H12N2O4/c15-6-7-3-11(16)14(5-7)8-1-2-10-9(4-8)13-12(17)18-10/h1-2,4,7,15H,3,5-6H2,(H,13,17). The van der Waals surface area contributed by atoms with Gasteiger partial charge in [-0.25, -0.2) is 4.79 Å². The summed E-state index contributed by atoms with van der Waals surface area (Å²) in [6, 6.07) is 5.09. The number of hydrogen-bond acceptors (Lipinski definition) is 4. The highest BCUT2D eigenvalue weighted by atomic mass is 16.4. The van der Waals surface area contributed by atoms with Crippen LogP contribution in [0.4, 0.5) is 5.69 Å². The Kier molecular flexibility index (Phi) is 2.45. The zero-order valence-electron chi connectivity index (χ0n) is 9.55. The van der Waals surface area contributed by atoms with Gasteiger partial charge in [-0.2, -0.15) is 0 Å². The maximum absolute atomic E-state index is 11.8. The van der Waals surface area contributed by atoms with Crippen molar-refractivity contribution >= 4 is 22.7 Å². The number of aromatic amines is 1. The summed E-state index contributed by atoms with van der Waals surface area (Å²) in [6.45, 7) is 0.510. The number of oxazole rings is 1. The molecule has 2 N–H and O–H groups in total. The van der Waals surface area contributed by atoms with Gasteiger partial charge in [-0.15, -0.1) is 0 Å². The van der Waals surface area contributed by atoms with Gasteiger partial charge in [0.1, 0.15) is 0 Å². The second kappa shape index (κ2) is 3.99. The number of rotatable bonds is 2. The Morgan fingerprint density at radius 3 is 3.00 bits per heavy atom. The third-order valence-electron chi connectivity index (χ3n) is 3.18. The van der Waals surface area contributed by atoms with Crippen molar-refractivity contribution in [2.24, 2.45) is 5.92 Å². The first-order chi connectivity index (χ1) is 8.67. The molecule has 1 aliphatic rings. The molecule has 1 amide bonds. The third kappa shape index (κ3) is 1.70. The number of H-pyrrole nitrogens is 1. The summed E-state index contributed by atoms with van der Waals surface area (Å²) >= 11 is 0. The van der Waals surface area contributed by atoms with Crippen LogP contribution in [0.3, 0.4) is 0 Å². The highest BCUT2D eigenvalue weighted by Crippen LogP contribution is 2.26. The number of nitrogens with zero attached hydrogens (tertiary/aromatic N) is 1. The number of aliphatic hydroxyl groups excluding tert-OH is 1. The van der Waals surface area contributed by atoms with Gasteiger partial charge in [-0.3, -0.25) is 9.78 Å². The highest BCUT2D eigenvalue weighted by molar-refractivity contribution is 5.97. The molecule has 1 fully saturated rings. The Balaban J connectivity index is 1.99. The van der Waals surface area contributed by atoms with Crippen LogP contribution >= 0.6 is 0 Å². The SMILES string of the molecule is O=C1CC(CO)CN1c1ccc2oc(=O)[nH]c2c1. The van der Waals surface area contributed by atoms with E-state index in [1.165, 1.54) is 0 Å². The molecule has 0 spiro atoms. The van der Waals surface area contributed by atoms with Gasteiger partial charge in [0.2, 0.25) is 5.91 Å². The zero-order valence-corrected chi connectivity index (χ0v) is 9.55. The number of fused-ring (bicyclic) bond motifs is 1. The van der Waals surface area contributed by atoms with Gasteiger partial charge in [0.25, 0.3) is 0 Å². The lowest BCUT2D eigenvalue weighted by molar-refractivity contribution is -0.117. The van der Waals surface area contributed by atoms with E-state index in [0.717, 1.165) is 0 Å². The average molecular weight is 248 g/mol. The quantitative estimate of drug-likeness (QED) is 0.808. The number of hydrogen-bond donors (Lipinski definition) is 2. The number of benzene rings is 1. The number of amides is 1. The predicted molar refractivity (Wildman–Crippen MR) is 64.4 cm³/mol. The van der Waals surface area contributed by atoms with E-state index < -0.39 is 5.76 Å². The second-order valence-electron chi connectivity index (χ2n) is 4.45. The Morgan fingerprint density at radius 1 is 1.44 bits per heavy atom. The fourth-order valence-corrected chi connectivity index (χ4v) is 2.26. The van der Waals surface area contributed by atoms with E-state index in [2.05, 4.69) is 4.98 Å². The maximum atomic E-state index is 11.8. The molecule has 0 aliphatic carbocycles. The van der Waals surface area contributed by atoms with Crippen LogP contribution in [0.2, 0.25) is 0 Å². The monoisotopic (exact) mass is 248 g/mol. The van der Waals surface area contributed by atoms with Crippen LogP contribution in [0.15, 0.2) is 27.4 Å². The smallest absolute Gasteiger partial charge is 0.408 e. The van der Waals surface area contributed by atoms with Crippen molar-refractivity contribution in [2.45, 2.75) is 6.42 Å². The Hall–Kier alpha value is -2.08. The minimum absolute atomic E-state index is 0.00697. The number of carbonyl (C=O) groups excluding carboxylic acids is 1. The molecule has 6 heteroatoms. The molecule has 1 saturated heterocycles. The summed E-state index contributed by atoms with van der Waals surface area (Å²) in [6.07, 6.45) is 0.358. The fraction of sp³-hybridized carbons (Fsp3) is 0.333. The normalized spacial score (nSPS) is 19.9. The summed E-state index contributed by atoms with van der Waals surface area (Å²) < 4.78 is 4.90. The number of nitrogens with one attached hydrogen (secondary N) is 1. The van der Waals surface area contributed by atoms with Crippen LogP contribution in [0.5, 0.6) is 0 Å². The van der Waals surface area contributed by atoms with Crippen LogP contribution < -0.4 is 10.7 Å². The van der Waals surface area contributed by atoms with E-state index in [9.17, 15) is 9.59 Å². The molecule has 1 aromatic heterocycles. The Labute approximate surface area is 102 Å². The minimum Gasteiger partial charge on any atom is -0.408 e. The molecular weight excluding hydrogens is 236 g/mol. The van der Waals surface area contributed by atoms with Gasteiger partial charge in [-0.1, -0.05) is 0 Å².